The lowest BCUT2D eigenvalue weighted by Crippen LogP contribution is -2.43. The Labute approximate surface area is 121 Å². The van der Waals surface area contributed by atoms with Gasteiger partial charge in [0.25, 0.3) is 0 Å². The zero-order chi connectivity index (χ0) is 14.3. The van der Waals surface area contributed by atoms with Crippen molar-refractivity contribution in [2.24, 2.45) is 0 Å². The number of hydrogen-bond donors (Lipinski definition) is 1. The predicted octanol–water partition coefficient (Wildman–Crippen LogP) is 2.16. The Balaban J connectivity index is 2.13. The highest BCUT2D eigenvalue weighted by Gasteiger charge is 2.18. The van der Waals surface area contributed by atoms with Gasteiger partial charge in [-0.05, 0) is 52.7 Å². The number of rotatable bonds is 7. The quantitative estimate of drug-likeness (QED) is 0.728. The summed E-state index contributed by atoms with van der Waals surface area (Å²) >= 11 is 0. The van der Waals surface area contributed by atoms with Gasteiger partial charge in [0.1, 0.15) is 0 Å². The van der Waals surface area contributed by atoms with E-state index in [1.165, 1.54) is 31.5 Å². The van der Waals surface area contributed by atoms with E-state index < -0.39 is 10.8 Å². The molecule has 3 nitrogen and oxygen atoms in total. The van der Waals surface area contributed by atoms with Crippen LogP contribution in [-0.2, 0) is 10.8 Å². The maximum Gasteiger partial charge on any atom is 0.0329 e. The van der Waals surface area contributed by atoms with Gasteiger partial charge in [0.15, 0.2) is 0 Å². The summed E-state index contributed by atoms with van der Waals surface area (Å²) in [5.41, 5.74) is 1.40. The number of nitrogens with one attached hydrogen (secondary N) is 1. The number of hydrogen-bond acceptors (Lipinski definition) is 3. The Morgan fingerprint density at radius 1 is 1.42 bits per heavy atom. The minimum Gasteiger partial charge on any atom is -0.314 e. The molecule has 19 heavy (non-hydrogen) atoms. The average molecular weight is 286 g/mol. The summed E-state index contributed by atoms with van der Waals surface area (Å²) in [7, 11) is -0.684. The molecule has 0 bridgehead atoms. The second-order valence-electron chi connectivity index (χ2n) is 5.91. The maximum atomic E-state index is 11.3. The lowest BCUT2D eigenvalue weighted by Gasteiger charge is -2.32. The molecule has 1 fully saturated rings. The zero-order valence-corrected chi connectivity index (χ0v) is 13.8. The van der Waals surface area contributed by atoms with E-state index in [0.717, 1.165) is 19.5 Å². The van der Waals surface area contributed by atoms with Crippen LogP contribution in [0, 0.1) is 0 Å². The van der Waals surface area contributed by atoms with Crippen molar-refractivity contribution in [1.82, 2.24) is 10.2 Å². The van der Waals surface area contributed by atoms with Gasteiger partial charge in [-0.2, -0.15) is 0 Å². The van der Waals surface area contributed by atoms with Gasteiger partial charge in [0, 0.05) is 34.9 Å². The van der Waals surface area contributed by atoms with Gasteiger partial charge >= 0.3 is 0 Å². The van der Waals surface area contributed by atoms with Gasteiger partial charge in [0.2, 0.25) is 0 Å². The fourth-order valence-corrected chi connectivity index (χ4v) is 2.74. The fraction of sp³-hybridized carbons (Fsp3) is 0.867. The summed E-state index contributed by atoms with van der Waals surface area (Å²) in [5, 5.41) is 3.93. The molecule has 4 heteroatoms. The third-order valence-electron chi connectivity index (χ3n) is 3.90. The number of likely N-dealkylation sites (tertiary alicyclic amines) is 1. The van der Waals surface area contributed by atoms with Crippen LogP contribution in [0.4, 0.5) is 0 Å². The molecule has 112 valence electrons. The first-order chi connectivity index (χ1) is 8.99. The molecule has 0 aromatic carbocycles. The summed E-state index contributed by atoms with van der Waals surface area (Å²) in [6.07, 6.45) is 7.60. The van der Waals surface area contributed by atoms with E-state index in [1.807, 2.05) is 0 Å². The molecule has 1 rings (SSSR count). The molecule has 0 aromatic heterocycles. The van der Waals surface area contributed by atoms with Crippen molar-refractivity contribution in [2.75, 3.05) is 32.4 Å². The highest BCUT2D eigenvalue weighted by molar-refractivity contribution is 7.84. The van der Waals surface area contributed by atoms with Gasteiger partial charge in [0.05, 0.1) is 0 Å². The summed E-state index contributed by atoms with van der Waals surface area (Å²) in [5.74, 6) is 0. The molecule has 1 saturated heterocycles. The molecule has 0 aliphatic carbocycles. The zero-order valence-electron chi connectivity index (χ0n) is 12.9. The average Bonchev–Trinajstić information content (AvgIpc) is 2.37. The minimum absolute atomic E-state index is 0.310. The van der Waals surface area contributed by atoms with Gasteiger partial charge in [-0.15, -0.1) is 0 Å². The van der Waals surface area contributed by atoms with Crippen molar-refractivity contribution >= 4 is 10.8 Å². The lowest BCUT2D eigenvalue weighted by atomic mass is 10.0. The molecule has 1 aliphatic heterocycles. The second kappa shape index (κ2) is 8.88. The molecule has 1 heterocycles. The highest BCUT2D eigenvalue weighted by Crippen LogP contribution is 2.11. The Bertz CT molecular complexity index is 305. The van der Waals surface area contributed by atoms with Crippen molar-refractivity contribution in [2.45, 2.75) is 51.3 Å². The summed E-state index contributed by atoms with van der Waals surface area (Å²) < 4.78 is 11.3. The van der Waals surface area contributed by atoms with Crippen LogP contribution < -0.4 is 5.32 Å². The Morgan fingerprint density at radius 3 is 2.58 bits per heavy atom. The van der Waals surface area contributed by atoms with Crippen LogP contribution >= 0.6 is 0 Å². The SMILES string of the molecule is CC(C)=CCN1CCC(NCCC(C)S(C)=O)CC1. The smallest absolute Gasteiger partial charge is 0.0329 e. The number of piperidine rings is 1. The largest absolute Gasteiger partial charge is 0.314 e. The third-order valence-corrected chi connectivity index (χ3v) is 5.26. The lowest BCUT2D eigenvalue weighted by molar-refractivity contribution is 0.215. The molecule has 1 aliphatic rings. The van der Waals surface area contributed by atoms with Crippen LogP contribution in [0.2, 0.25) is 0 Å². The van der Waals surface area contributed by atoms with Crippen molar-refractivity contribution in [1.29, 1.82) is 0 Å². The van der Waals surface area contributed by atoms with E-state index in [-0.39, 0.29) is 0 Å². The van der Waals surface area contributed by atoms with Crippen LogP contribution in [0.25, 0.3) is 0 Å². The van der Waals surface area contributed by atoms with Crippen LogP contribution in [0.5, 0.6) is 0 Å². The molecular formula is C15H30N2OS. The van der Waals surface area contributed by atoms with Crippen molar-refractivity contribution in [3.63, 3.8) is 0 Å². The summed E-state index contributed by atoms with van der Waals surface area (Å²) in [6.45, 7) is 10.9. The van der Waals surface area contributed by atoms with E-state index in [2.05, 4.69) is 37.1 Å². The van der Waals surface area contributed by atoms with Gasteiger partial charge in [-0.1, -0.05) is 18.6 Å². The first kappa shape index (κ1) is 16.9. The predicted molar refractivity (Wildman–Crippen MR) is 85.0 cm³/mol. The topological polar surface area (TPSA) is 32.3 Å². The molecule has 2 unspecified atom stereocenters. The summed E-state index contributed by atoms with van der Waals surface area (Å²) in [6, 6.07) is 0.653. The number of nitrogens with zero attached hydrogens (tertiary/aromatic N) is 1. The van der Waals surface area contributed by atoms with E-state index >= 15 is 0 Å². The Morgan fingerprint density at radius 2 is 2.05 bits per heavy atom. The molecule has 0 amide bonds. The molecule has 2 atom stereocenters. The van der Waals surface area contributed by atoms with E-state index in [9.17, 15) is 4.21 Å². The normalized spacial score (nSPS) is 21.1. The summed E-state index contributed by atoms with van der Waals surface area (Å²) in [4.78, 5) is 2.52. The molecule has 0 radical (unpaired) electrons. The minimum atomic E-state index is -0.684. The van der Waals surface area contributed by atoms with Crippen molar-refractivity contribution in [3.05, 3.63) is 11.6 Å². The standard InChI is InChI=1S/C15H30N2OS/c1-13(2)6-10-17-11-7-15(8-12-17)16-9-5-14(3)19(4)18/h6,14-16H,5,7-12H2,1-4H3. The monoisotopic (exact) mass is 286 g/mol. The Hall–Kier alpha value is -0.190. The van der Waals surface area contributed by atoms with E-state index in [1.54, 1.807) is 6.26 Å². The molecule has 0 saturated carbocycles. The van der Waals surface area contributed by atoms with Crippen LogP contribution in [0.15, 0.2) is 11.6 Å². The van der Waals surface area contributed by atoms with E-state index in [4.69, 9.17) is 0 Å². The number of allylic oxidation sites excluding steroid dienone is 1. The molecule has 1 N–H and O–H groups in total. The Kier molecular flexibility index (Phi) is 7.88. The highest BCUT2D eigenvalue weighted by atomic mass is 32.2. The third kappa shape index (κ3) is 7.23. The molecule has 0 aromatic rings. The van der Waals surface area contributed by atoms with Crippen molar-refractivity contribution in [3.8, 4) is 0 Å². The molecular weight excluding hydrogens is 256 g/mol. The maximum absolute atomic E-state index is 11.3. The van der Waals surface area contributed by atoms with Crippen molar-refractivity contribution < 1.29 is 4.21 Å². The van der Waals surface area contributed by atoms with Gasteiger partial charge in [-0.3, -0.25) is 9.11 Å². The van der Waals surface area contributed by atoms with Crippen LogP contribution in [0.3, 0.4) is 0 Å². The van der Waals surface area contributed by atoms with Gasteiger partial charge < -0.3 is 5.32 Å². The second-order valence-corrected chi connectivity index (χ2v) is 7.71. The first-order valence-corrected chi connectivity index (χ1v) is 9.02. The van der Waals surface area contributed by atoms with Crippen LogP contribution in [-0.4, -0.2) is 52.8 Å². The van der Waals surface area contributed by atoms with Crippen LogP contribution in [0.1, 0.15) is 40.0 Å². The first-order valence-electron chi connectivity index (χ1n) is 7.40. The van der Waals surface area contributed by atoms with Gasteiger partial charge in [-0.25, -0.2) is 0 Å². The molecule has 0 spiro atoms. The fourth-order valence-electron chi connectivity index (χ4n) is 2.29. The van der Waals surface area contributed by atoms with E-state index in [0.29, 0.717) is 11.3 Å².